The number of carboxylic acids is 1. The molecule has 1 saturated carbocycles. The number of urea groups is 1. The van der Waals surface area contributed by atoms with Gasteiger partial charge in [-0.15, -0.1) is 0 Å². The molecule has 108 valence electrons. The first-order valence-electron chi connectivity index (χ1n) is 6.64. The normalized spacial score (nSPS) is 14.4. The van der Waals surface area contributed by atoms with Crippen molar-refractivity contribution < 1.29 is 14.7 Å². The van der Waals surface area contributed by atoms with Gasteiger partial charge in [0.25, 0.3) is 0 Å². The molecule has 1 aromatic rings. The zero-order valence-electron chi connectivity index (χ0n) is 11.0. The van der Waals surface area contributed by atoms with Gasteiger partial charge in [-0.3, -0.25) is 0 Å². The van der Waals surface area contributed by atoms with E-state index < -0.39 is 5.97 Å². The van der Waals surface area contributed by atoms with Gasteiger partial charge in [-0.25, -0.2) is 9.59 Å². The first-order valence-corrected chi connectivity index (χ1v) is 7.02. The van der Waals surface area contributed by atoms with Crippen molar-refractivity contribution in [2.24, 2.45) is 5.92 Å². The van der Waals surface area contributed by atoms with Crippen LogP contribution in [0, 0.1) is 5.92 Å². The third-order valence-electron chi connectivity index (χ3n) is 3.52. The molecule has 0 radical (unpaired) electrons. The van der Waals surface area contributed by atoms with Crippen molar-refractivity contribution in [3.05, 3.63) is 28.8 Å². The molecule has 0 saturated heterocycles. The lowest BCUT2D eigenvalue weighted by atomic mass is 9.83. The number of benzene rings is 1. The molecule has 0 aromatic heterocycles. The summed E-state index contributed by atoms with van der Waals surface area (Å²) in [4.78, 5) is 22.6. The third kappa shape index (κ3) is 3.87. The number of halogens is 1. The quantitative estimate of drug-likeness (QED) is 0.779. The molecule has 1 fully saturated rings. The van der Waals surface area contributed by atoms with Gasteiger partial charge in [0.15, 0.2) is 0 Å². The number of anilines is 1. The molecular formula is C14H17ClN2O3. The summed E-state index contributed by atoms with van der Waals surface area (Å²) in [6.07, 6.45) is 4.76. The maximum atomic E-state index is 11.7. The summed E-state index contributed by atoms with van der Waals surface area (Å²) >= 11 is 5.93. The molecule has 1 aliphatic rings. The van der Waals surface area contributed by atoms with Crippen LogP contribution in [0.3, 0.4) is 0 Å². The molecule has 0 heterocycles. The second kappa shape index (κ2) is 6.61. The fourth-order valence-corrected chi connectivity index (χ4v) is 2.26. The second-order valence-corrected chi connectivity index (χ2v) is 5.37. The van der Waals surface area contributed by atoms with Crippen LogP contribution in [0.1, 0.15) is 36.0 Å². The van der Waals surface area contributed by atoms with Gasteiger partial charge < -0.3 is 15.7 Å². The van der Waals surface area contributed by atoms with Crippen LogP contribution >= 0.6 is 11.6 Å². The average molecular weight is 297 g/mol. The van der Waals surface area contributed by atoms with Gasteiger partial charge in [-0.2, -0.15) is 0 Å². The molecule has 1 aliphatic carbocycles. The van der Waals surface area contributed by atoms with Crippen LogP contribution in [0.2, 0.25) is 5.02 Å². The van der Waals surface area contributed by atoms with Gasteiger partial charge in [0, 0.05) is 6.54 Å². The standard InChI is InChI=1S/C14H17ClN2O3/c15-11-5-4-10(13(18)19)8-12(11)17-14(20)16-7-6-9-2-1-3-9/h4-5,8-9H,1-3,6-7H2,(H,18,19)(H2,16,17,20). The largest absolute Gasteiger partial charge is 0.478 e. The molecule has 0 spiro atoms. The number of hydrogen-bond donors (Lipinski definition) is 3. The Morgan fingerprint density at radius 2 is 2.10 bits per heavy atom. The Hall–Kier alpha value is -1.75. The number of carbonyl (C=O) groups is 2. The van der Waals surface area contributed by atoms with E-state index in [1.54, 1.807) is 0 Å². The molecular weight excluding hydrogens is 280 g/mol. The molecule has 6 heteroatoms. The summed E-state index contributed by atoms with van der Waals surface area (Å²) in [6, 6.07) is 3.82. The Labute approximate surface area is 122 Å². The van der Waals surface area contributed by atoms with Crippen LogP contribution in [-0.4, -0.2) is 23.7 Å². The summed E-state index contributed by atoms with van der Waals surface area (Å²) in [7, 11) is 0. The number of hydrogen-bond acceptors (Lipinski definition) is 2. The summed E-state index contributed by atoms with van der Waals surface area (Å²) < 4.78 is 0. The minimum Gasteiger partial charge on any atom is -0.478 e. The van der Waals surface area contributed by atoms with Gasteiger partial charge in [-0.05, 0) is 30.5 Å². The molecule has 20 heavy (non-hydrogen) atoms. The molecule has 3 N–H and O–H groups in total. The Balaban J connectivity index is 1.86. The lowest BCUT2D eigenvalue weighted by Crippen LogP contribution is -2.31. The summed E-state index contributed by atoms with van der Waals surface area (Å²) in [5, 5.41) is 14.5. The summed E-state index contributed by atoms with van der Waals surface area (Å²) in [6.45, 7) is 0.618. The SMILES string of the molecule is O=C(NCCC1CCC1)Nc1cc(C(=O)O)ccc1Cl. The Morgan fingerprint density at radius 3 is 2.70 bits per heavy atom. The van der Waals surface area contributed by atoms with Crippen molar-refractivity contribution in [1.29, 1.82) is 0 Å². The van der Waals surface area contributed by atoms with Crippen LogP contribution in [0.15, 0.2) is 18.2 Å². The van der Waals surface area contributed by atoms with Gasteiger partial charge in [0.1, 0.15) is 0 Å². The van der Waals surface area contributed by atoms with Crippen LogP contribution in [0.5, 0.6) is 0 Å². The molecule has 0 bridgehead atoms. The van der Waals surface area contributed by atoms with Crippen molar-refractivity contribution >= 4 is 29.3 Å². The van der Waals surface area contributed by atoms with E-state index in [0.717, 1.165) is 12.3 Å². The number of rotatable bonds is 5. The van der Waals surface area contributed by atoms with E-state index in [0.29, 0.717) is 17.3 Å². The highest BCUT2D eigenvalue weighted by molar-refractivity contribution is 6.33. The fourth-order valence-electron chi connectivity index (χ4n) is 2.09. The van der Waals surface area contributed by atoms with Gasteiger partial charge in [0.2, 0.25) is 0 Å². The molecule has 2 rings (SSSR count). The fraction of sp³-hybridized carbons (Fsp3) is 0.429. The maximum Gasteiger partial charge on any atom is 0.335 e. The third-order valence-corrected chi connectivity index (χ3v) is 3.85. The van der Waals surface area contributed by atoms with E-state index in [9.17, 15) is 9.59 Å². The van der Waals surface area contributed by atoms with Crippen LogP contribution in [0.4, 0.5) is 10.5 Å². The molecule has 1 aromatic carbocycles. The molecule has 2 amide bonds. The van der Waals surface area contributed by atoms with Gasteiger partial charge >= 0.3 is 12.0 Å². The van der Waals surface area contributed by atoms with Gasteiger partial charge in [0.05, 0.1) is 16.3 Å². The maximum absolute atomic E-state index is 11.7. The molecule has 0 unspecified atom stereocenters. The van der Waals surface area contributed by atoms with Crippen molar-refractivity contribution in [3.63, 3.8) is 0 Å². The first kappa shape index (κ1) is 14.7. The zero-order chi connectivity index (χ0) is 14.5. The van der Waals surface area contributed by atoms with Crippen LogP contribution in [0.25, 0.3) is 0 Å². The molecule has 0 aliphatic heterocycles. The predicted molar refractivity (Wildman–Crippen MR) is 77.4 cm³/mol. The Bertz CT molecular complexity index is 515. The topological polar surface area (TPSA) is 78.4 Å². The Kier molecular flexibility index (Phi) is 4.84. The van der Waals surface area contributed by atoms with E-state index >= 15 is 0 Å². The minimum absolute atomic E-state index is 0.0826. The van der Waals surface area contributed by atoms with E-state index in [-0.39, 0.29) is 11.6 Å². The number of carboxylic acid groups (broad SMARTS) is 1. The summed E-state index contributed by atoms with van der Waals surface area (Å²) in [5.41, 5.74) is 0.381. The highest BCUT2D eigenvalue weighted by Gasteiger charge is 2.17. The minimum atomic E-state index is -1.06. The second-order valence-electron chi connectivity index (χ2n) is 4.97. The van der Waals surface area contributed by atoms with E-state index in [4.69, 9.17) is 16.7 Å². The average Bonchev–Trinajstić information content (AvgIpc) is 2.34. The van der Waals surface area contributed by atoms with E-state index in [1.807, 2.05) is 0 Å². The van der Waals surface area contributed by atoms with Crippen molar-refractivity contribution in [2.75, 3.05) is 11.9 Å². The molecule has 5 nitrogen and oxygen atoms in total. The predicted octanol–water partition coefficient (Wildman–Crippen LogP) is 3.35. The number of aromatic carboxylic acids is 1. The first-order chi connectivity index (χ1) is 9.56. The van der Waals surface area contributed by atoms with Crippen molar-refractivity contribution in [2.45, 2.75) is 25.7 Å². The number of amides is 2. The molecule has 0 atom stereocenters. The number of nitrogens with one attached hydrogen (secondary N) is 2. The monoisotopic (exact) mass is 296 g/mol. The summed E-state index contributed by atoms with van der Waals surface area (Å²) in [5.74, 6) is -0.329. The van der Waals surface area contributed by atoms with Crippen LogP contribution < -0.4 is 10.6 Å². The smallest absolute Gasteiger partial charge is 0.335 e. The highest BCUT2D eigenvalue weighted by atomic mass is 35.5. The Morgan fingerprint density at radius 1 is 1.35 bits per heavy atom. The van der Waals surface area contributed by atoms with Crippen molar-refractivity contribution in [1.82, 2.24) is 5.32 Å². The lowest BCUT2D eigenvalue weighted by Gasteiger charge is -2.25. The van der Waals surface area contributed by atoms with Crippen LogP contribution in [-0.2, 0) is 0 Å². The van der Waals surface area contributed by atoms with E-state index in [2.05, 4.69) is 10.6 Å². The highest BCUT2D eigenvalue weighted by Crippen LogP contribution is 2.28. The van der Waals surface area contributed by atoms with Crippen molar-refractivity contribution in [3.8, 4) is 0 Å². The van der Waals surface area contributed by atoms with Gasteiger partial charge in [-0.1, -0.05) is 30.9 Å². The number of carbonyl (C=O) groups excluding carboxylic acids is 1. The zero-order valence-corrected chi connectivity index (χ0v) is 11.7. The lowest BCUT2D eigenvalue weighted by molar-refractivity contribution is 0.0697. The van der Waals surface area contributed by atoms with E-state index in [1.165, 1.54) is 37.5 Å².